The molecule has 0 atom stereocenters. The van der Waals surface area contributed by atoms with Crippen molar-refractivity contribution >= 4 is 27.5 Å². The molecule has 1 fully saturated rings. The highest BCUT2D eigenvalue weighted by Crippen LogP contribution is 2.25. The molecule has 134 valence electrons. The lowest BCUT2D eigenvalue weighted by atomic mass is 10.2. The fourth-order valence-electron chi connectivity index (χ4n) is 2.81. The Balaban J connectivity index is 1.87. The van der Waals surface area contributed by atoms with Gasteiger partial charge in [0.05, 0.1) is 4.90 Å². The molecule has 25 heavy (non-hydrogen) atoms. The summed E-state index contributed by atoms with van der Waals surface area (Å²) in [5.41, 5.74) is 1.56. The summed E-state index contributed by atoms with van der Waals surface area (Å²) in [5, 5.41) is 6.08. The van der Waals surface area contributed by atoms with Crippen LogP contribution in [0.4, 0.5) is 17.5 Å². The average molecular weight is 361 g/mol. The van der Waals surface area contributed by atoms with E-state index in [1.807, 2.05) is 13.0 Å². The van der Waals surface area contributed by atoms with Gasteiger partial charge in [0.25, 0.3) is 0 Å². The number of aromatic nitrogens is 2. The molecule has 1 aliphatic rings. The minimum atomic E-state index is -3.45. The summed E-state index contributed by atoms with van der Waals surface area (Å²) in [7, 11) is -1.70. The van der Waals surface area contributed by atoms with Crippen LogP contribution in [-0.4, -0.2) is 42.8 Å². The van der Waals surface area contributed by atoms with Crippen LogP contribution in [0.25, 0.3) is 0 Å². The third kappa shape index (κ3) is 3.91. The zero-order valence-electron chi connectivity index (χ0n) is 14.5. The molecule has 0 aliphatic carbocycles. The molecule has 0 radical (unpaired) electrons. The number of nitrogens with one attached hydrogen (secondary N) is 2. The van der Waals surface area contributed by atoms with E-state index in [0.717, 1.165) is 24.8 Å². The standard InChI is InChI=1S/C17H23N5O2S/c1-13-12-19-17(18-2)21-16(13)20-14-7-6-8-15(11-14)25(23,24)22-9-4-3-5-10-22/h6-8,11-12H,3-5,9-10H2,1-2H3,(H2,18,19,20,21). The van der Waals surface area contributed by atoms with Crippen molar-refractivity contribution in [2.24, 2.45) is 0 Å². The van der Waals surface area contributed by atoms with Crippen molar-refractivity contribution in [3.8, 4) is 0 Å². The van der Waals surface area contributed by atoms with Gasteiger partial charge in [-0.15, -0.1) is 0 Å². The van der Waals surface area contributed by atoms with E-state index in [-0.39, 0.29) is 0 Å². The smallest absolute Gasteiger partial charge is 0.243 e. The Morgan fingerprint density at radius 3 is 2.64 bits per heavy atom. The summed E-state index contributed by atoms with van der Waals surface area (Å²) in [6, 6.07) is 6.87. The molecule has 1 saturated heterocycles. The lowest BCUT2D eigenvalue weighted by Gasteiger charge is -2.26. The maximum absolute atomic E-state index is 12.8. The number of benzene rings is 1. The summed E-state index contributed by atoms with van der Waals surface area (Å²) < 4.78 is 27.2. The summed E-state index contributed by atoms with van der Waals surface area (Å²) in [5.74, 6) is 1.15. The zero-order valence-corrected chi connectivity index (χ0v) is 15.3. The van der Waals surface area contributed by atoms with Crippen molar-refractivity contribution in [3.05, 3.63) is 36.0 Å². The molecular formula is C17H23N5O2S. The number of hydrogen-bond acceptors (Lipinski definition) is 6. The van der Waals surface area contributed by atoms with Crippen molar-refractivity contribution in [2.75, 3.05) is 30.8 Å². The third-order valence-electron chi connectivity index (χ3n) is 4.24. The molecular weight excluding hydrogens is 338 g/mol. The number of rotatable bonds is 5. The molecule has 1 aromatic carbocycles. The fraction of sp³-hybridized carbons (Fsp3) is 0.412. The van der Waals surface area contributed by atoms with Crippen LogP contribution in [0.3, 0.4) is 0 Å². The molecule has 2 N–H and O–H groups in total. The largest absolute Gasteiger partial charge is 0.357 e. The van der Waals surface area contributed by atoms with Gasteiger partial charge < -0.3 is 10.6 Å². The van der Waals surface area contributed by atoms with Gasteiger partial charge in [-0.2, -0.15) is 9.29 Å². The number of anilines is 3. The molecule has 0 amide bonds. The first kappa shape index (κ1) is 17.6. The minimum Gasteiger partial charge on any atom is -0.357 e. The van der Waals surface area contributed by atoms with E-state index in [1.54, 1.807) is 35.7 Å². The van der Waals surface area contributed by atoms with Crippen molar-refractivity contribution in [1.82, 2.24) is 14.3 Å². The summed E-state index contributed by atoms with van der Waals surface area (Å²) >= 11 is 0. The second-order valence-electron chi connectivity index (χ2n) is 6.09. The number of sulfonamides is 1. The minimum absolute atomic E-state index is 0.306. The summed E-state index contributed by atoms with van der Waals surface area (Å²) in [4.78, 5) is 8.83. The van der Waals surface area contributed by atoms with E-state index in [4.69, 9.17) is 0 Å². The van der Waals surface area contributed by atoms with Gasteiger partial charge in [0.15, 0.2) is 0 Å². The molecule has 2 heterocycles. The highest BCUT2D eigenvalue weighted by molar-refractivity contribution is 7.89. The van der Waals surface area contributed by atoms with Crippen LogP contribution >= 0.6 is 0 Å². The van der Waals surface area contributed by atoms with Gasteiger partial charge >= 0.3 is 0 Å². The molecule has 0 unspecified atom stereocenters. The predicted octanol–water partition coefficient (Wildman–Crippen LogP) is 2.74. The lowest BCUT2D eigenvalue weighted by Crippen LogP contribution is -2.35. The number of nitrogens with zero attached hydrogens (tertiary/aromatic N) is 3. The second kappa shape index (κ2) is 7.37. The monoisotopic (exact) mass is 361 g/mol. The van der Waals surface area contributed by atoms with Crippen LogP contribution in [0, 0.1) is 6.92 Å². The van der Waals surface area contributed by atoms with Crippen molar-refractivity contribution in [1.29, 1.82) is 0 Å². The van der Waals surface area contributed by atoms with Crippen molar-refractivity contribution < 1.29 is 8.42 Å². The first-order chi connectivity index (χ1) is 12.0. The number of piperidine rings is 1. The Kier molecular flexibility index (Phi) is 5.19. The molecule has 0 saturated carbocycles. The maximum atomic E-state index is 12.8. The Morgan fingerprint density at radius 1 is 1.16 bits per heavy atom. The zero-order chi connectivity index (χ0) is 17.9. The normalized spacial score (nSPS) is 15.8. The summed E-state index contributed by atoms with van der Waals surface area (Å²) in [6.07, 6.45) is 4.65. The van der Waals surface area contributed by atoms with Gasteiger partial charge in [0.2, 0.25) is 16.0 Å². The van der Waals surface area contributed by atoms with E-state index in [0.29, 0.717) is 35.4 Å². The Labute approximate surface area is 148 Å². The SMILES string of the molecule is CNc1ncc(C)c(Nc2cccc(S(=O)(=O)N3CCCCC3)c2)n1. The molecule has 0 spiro atoms. The van der Waals surface area contributed by atoms with E-state index < -0.39 is 10.0 Å². The van der Waals surface area contributed by atoms with Crippen molar-refractivity contribution in [3.63, 3.8) is 0 Å². The highest BCUT2D eigenvalue weighted by atomic mass is 32.2. The molecule has 3 rings (SSSR count). The molecule has 7 nitrogen and oxygen atoms in total. The number of aryl methyl sites for hydroxylation is 1. The van der Waals surface area contributed by atoms with E-state index >= 15 is 0 Å². The van der Waals surface area contributed by atoms with Crippen LogP contribution in [0.5, 0.6) is 0 Å². The van der Waals surface area contributed by atoms with Crippen LogP contribution in [-0.2, 0) is 10.0 Å². The van der Waals surface area contributed by atoms with Gasteiger partial charge in [-0.1, -0.05) is 12.5 Å². The lowest BCUT2D eigenvalue weighted by molar-refractivity contribution is 0.346. The van der Waals surface area contributed by atoms with Gasteiger partial charge in [-0.25, -0.2) is 13.4 Å². The molecule has 1 aliphatic heterocycles. The van der Waals surface area contributed by atoms with Gasteiger partial charge in [-0.3, -0.25) is 0 Å². The van der Waals surface area contributed by atoms with Crippen molar-refractivity contribution in [2.45, 2.75) is 31.1 Å². The predicted molar refractivity (Wildman–Crippen MR) is 98.7 cm³/mol. The fourth-order valence-corrected chi connectivity index (χ4v) is 4.38. The van der Waals surface area contributed by atoms with Crippen LogP contribution in [0.1, 0.15) is 24.8 Å². The molecule has 8 heteroatoms. The van der Waals surface area contributed by atoms with Crippen LogP contribution in [0.15, 0.2) is 35.4 Å². The van der Waals surface area contributed by atoms with Gasteiger partial charge in [0.1, 0.15) is 5.82 Å². The quantitative estimate of drug-likeness (QED) is 0.851. The Hall–Kier alpha value is -2.19. The molecule has 0 bridgehead atoms. The van der Waals surface area contributed by atoms with Gasteiger partial charge in [0, 0.05) is 37.6 Å². The molecule has 2 aromatic rings. The first-order valence-corrected chi connectivity index (χ1v) is 9.83. The Morgan fingerprint density at radius 2 is 1.92 bits per heavy atom. The van der Waals surface area contributed by atoms with Gasteiger partial charge in [-0.05, 0) is 38.0 Å². The topological polar surface area (TPSA) is 87.2 Å². The van der Waals surface area contributed by atoms with Crippen LogP contribution in [0.2, 0.25) is 0 Å². The highest BCUT2D eigenvalue weighted by Gasteiger charge is 2.26. The summed E-state index contributed by atoms with van der Waals surface area (Å²) in [6.45, 7) is 3.09. The van der Waals surface area contributed by atoms with E-state index in [2.05, 4.69) is 20.6 Å². The first-order valence-electron chi connectivity index (χ1n) is 8.39. The van der Waals surface area contributed by atoms with Crippen LogP contribution < -0.4 is 10.6 Å². The number of hydrogen-bond donors (Lipinski definition) is 2. The maximum Gasteiger partial charge on any atom is 0.243 e. The average Bonchev–Trinajstić information content (AvgIpc) is 2.64. The van der Waals surface area contributed by atoms with E-state index in [1.165, 1.54) is 0 Å². The van der Waals surface area contributed by atoms with E-state index in [9.17, 15) is 8.42 Å². The second-order valence-corrected chi connectivity index (χ2v) is 8.03. The Bertz CT molecular complexity index is 848. The third-order valence-corrected chi connectivity index (χ3v) is 6.14. The molecule has 1 aromatic heterocycles.